The number of hydrogen-bond acceptors (Lipinski definition) is 2. The number of carbonyl (C=O) groups is 1. The van der Waals surface area contributed by atoms with Crippen LogP contribution in [0.4, 0.5) is 5.69 Å². The molecule has 2 N–H and O–H groups in total. The maximum absolute atomic E-state index is 11.3. The van der Waals surface area contributed by atoms with Gasteiger partial charge < -0.3 is 10.4 Å². The first-order chi connectivity index (χ1) is 8.89. The van der Waals surface area contributed by atoms with Crippen molar-refractivity contribution >= 4 is 23.3 Å². The monoisotopic (exact) mass is 281 g/mol. The van der Waals surface area contributed by atoms with Crippen LogP contribution in [-0.4, -0.2) is 17.1 Å². The van der Waals surface area contributed by atoms with E-state index in [1.165, 1.54) is 0 Å². The fourth-order valence-electron chi connectivity index (χ4n) is 2.63. The summed E-state index contributed by atoms with van der Waals surface area (Å²) >= 11 is 5.97. The molecule has 0 heterocycles. The fraction of sp³-hybridized carbons (Fsp3) is 0.533. The lowest BCUT2D eigenvalue weighted by atomic mass is 9.75. The lowest BCUT2D eigenvalue weighted by Gasteiger charge is -2.35. The van der Waals surface area contributed by atoms with E-state index >= 15 is 0 Å². The molecular weight excluding hydrogens is 262 g/mol. The van der Waals surface area contributed by atoms with Crippen LogP contribution >= 0.6 is 11.6 Å². The molecule has 0 aliphatic heterocycles. The molecule has 104 valence electrons. The van der Waals surface area contributed by atoms with Crippen molar-refractivity contribution in [3.63, 3.8) is 0 Å². The summed E-state index contributed by atoms with van der Waals surface area (Å²) in [6.45, 7) is 4.57. The van der Waals surface area contributed by atoms with Crippen molar-refractivity contribution in [1.29, 1.82) is 0 Å². The van der Waals surface area contributed by atoms with E-state index in [1.54, 1.807) is 18.2 Å². The fourth-order valence-corrected chi connectivity index (χ4v) is 2.88. The summed E-state index contributed by atoms with van der Waals surface area (Å²) in [4.78, 5) is 11.3. The van der Waals surface area contributed by atoms with Gasteiger partial charge in [-0.25, -0.2) is 4.79 Å². The predicted octanol–water partition coefficient (Wildman–Crippen LogP) is 4.42. The SMILES string of the molecule is CC1(C)CCC(Nc2cccc(Cl)c2C(=O)O)CC1. The van der Waals surface area contributed by atoms with Gasteiger partial charge in [0.15, 0.2) is 0 Å². The van der Waals surface area contributed by atoms with Crippen LogP contribution < -0.4 is 5.32 Å². The molecule has 0 bridgehead atoms. The maximum Gasteiger partial charge on any atom is 0.339 e. The van der Waals surface area contributed by atoms with Crippen LogP contribution in [0.5, 0.6) is 0 Å². The topological polar surface area (TPSA) is 49.3 Å². The summed E-state index contributed by atoms with van der Waals surface area (Å²) in [5, 5.41) is 12.9. The Labute approximate surface area is 119 Å². The second kappa shape index (κ2) is 5.41. The first kappa shape index (κ1) is 14.2. The summed E-state index contributed by atoms with van der Waals surface area (Å²) in [5.41, 5.74) is 1.21. The van der Waals surface area contributed by atoms with Crippen molar-refractivity contribution in [2.45, 2.75) is 45.6 Å². The average molecular weight is 282 g/mol. The quantitative estimate of drug-likeness (QED) is 0.862. The predicted molar refractivity (Wildman–Crippen MR) is 78.1 cm³/mol. The van der Waals surface area contributed by atoms with E-state index in [-0.39, 0.29) is 10.6 Å². The highest BCUT2D eigenvalue weighted by molar-refractivity contribution is 6.34. The summed E-state index contributed by atoms with van der Waals surface area (Å²) < 4.78 is 0. The first-order valence-corrected chi connectivity index (χ1v) is 7.05. The maximum atomic E-state index is 11.3. The van der Waals surface area contributed by atoms with E-state index in [4.69, 9.17) is 11.6 Å². The molecule has 0 aromatic heterocycles. The van der Waals surface area contributed by atoms with Crippen LogP contribution in [0.2, 0.25) is 5.02 Å². The van der Waals surface area contributed by atoms with Crippen molar-refractivity contribution in [1.82, 2.24) is 0 Å². The highest BCUT2D eigenvalue weighted by atomic mass is 35.5. The molecule has 1 aromatic carbocycles. The summed E-state index contributed by atoms with van der Waals surface area (Å²) in [6, 6.07) is 5.52. The molecule has 3 nitrogen and oxygen atoms in total. The molecule has 0 atom stereocenters. The number of rotatable bonds is 3. The smallest absolute Gasteiger partial charge is 0.339 e. The zero-order chi connectivity index (χ0) is 14.0. The van der Waals surface area contributed by atoms with Gasteiger partial charge >= 0.3 is 5.97 Å². The highest BCUT2D eigenvalue weighted by Gasteiger charge is 2.27. The van der Waals surface area contributed by atoms with Crippen LogP contribution in [0.15, 0.2) is 18.2 Å². The van der Waals surface area contributed by atoms with Gasteiger partial charge in [-0.3, -0.25) is 0 Å². The van der Waals surface area contributed by atoms with Gasteiger partial charge in [0.25, 0.3) is 0 Å². The number of carboxylic acid groups (broad SMARTS) is 1. The minimum absolute atomic E-state index is 0.175. The molecule has 0 unspecified atom stereocenters. The standard InChI is InChI=1S/C15H20ClNO2/c1-15(2)8-6-10(7-9-15)17-12-5-3-4-11(16)13(12)14(18)19/h3-5,10,17H,6-9H2,1-2H3,(H,18,19). The van der Waals surface area contributed by atoms with E-state index in [1.807, 2.05) is 0 Å². The van der Waals surface area contributed by atoms with Crippen molar-refractivity contribution in [3.8, 4) is 0 Å². The van der Waals surface area contributed by atoms with Crippen molar-refractivity contribution in [2.24, 2.45) is 5.41 Å². The highest BCUT2D eigenvalue weighted by Crippen LogP contribution is 2.36. The van der Waals surface area contributed by atoms with Crippen LogP contribution in [0.3, 0.4) is 0 Å². The molecule has 1 fully saturated rings. The van der Waals surface area contributed by atoms with Crippen LogP contribution in [0, 0.1) is 5.41 Å². The van der Waals surface area contributed by atoms with Crippen LogP contribution in [0.1, 0.15) is 49.9 Å². The van der Waals surface area contributed by atoms with Crippen molar-refractivity contribution < 1.29 is 9.90 Å². The van der Waals surface area contributed by atoms with Crippen LogP contribution in [0.25, 0.3) is 0 Å². The Bertz CT molecular complexity index is 475. The van der Waals surface area contributed by atoms with Crippen molar-refractivity contribution in [3.05, 3.63) is 28.8 Å². The minimum Gasteiger partial charge on any atom is -0.478 e. The molecule has 1 aliphatic rings. The van der Waals surface area contributed by atoms with Gasteiger partial charge in [-0.2, -0.15) is 0 Å². The lowest BCUT2D eigenvalue weighted by Crippen LogP contribution is -2.30. The zero-order valence-corrected chi connectivity index (χ0v) is 12.1. The minimum atomic E-state index is -0.982. The second-order valence-electron chi connectivity index (χ2n) is 6.05. The number of hydrogen-bond donors (Lipinski definition) is 2. The molecule has 1 aromatic rings. The Morgan fingerprint density at radius 3 is 2.58 bits per heavy atom. The Balaban J connectivity index is 2.12. The number of nitrogens with one attached hydrogen (secondary N) is 1. The van der Waals surface area contributed by atoms with Gasteiger partial charge in [-0.05, 0) is 43.2 Å². The van der Waals surface area contributed by atoms with Gasteiger partial charge in [0.1, 0.15) is 5.56 Å². The number of benzene rings is 1. The van der Waals surface area contributed by atoms with Gasteiger partial charge in [0, 0.05) is 6.04 Å². The normalized spacial score (nSPS) is 19.1. The third-order valence-corrected chi connectivity index (χ3v) is 4.24. The molecule has 2 rings (SSSR count). The summed E-state index contributed by atoms with van der Waals surface area (Å²) in [7, 11) is 0. The van der Waals surface area contributed by atoms with E-state index in [0.717, 1.165) is 25.7 Å². The lowest BCUT2D eigenvalue weighted by molar-refractivity contribution is 0.0698. The Kier molecular flexibility index (Phi) is 4.04. The molecule has 0 radical (unpaired) electrons. The summed E-state index contributed by atoms with van der Waals surface area (Å²) in [5.74, 6) is -0.982. The van der Waals surface area contributed by atoms with E-state index in [9.17, 15) is 9.90 Å². The molecule has 19 heavy (non-hydrogen) atoms. The van der Waals surface area contributed by atoms with Gasteiger partial charge in [-0.1, -0.05) is 31.5 Å². The second-order valence-corrected chi connectivity index (χ2v) is 6.46. The number of halogens is 1. The summed E-state index contributed by atoms with van der Waals surface area (Å²) in [6.07, 6.45) is 4.46. The number of anilines is 1. The Morgan fingerprint density at radius 2 is 2.00 bits per heavy atom. The van der Waals surface area contributed by atoms with Crippen molar-refractivity contribution in [2.75, 3.05) is 5.32 Å². The number of carboxylic acids is 1. The molecule has 1 aliphatic carbocycles. The third kappa shape index (κ3) is 3.41. The zero-order valence-electron chi connectivity index (χ0n) is 11.4. The molecule has 0 amide bonds. The average Bonchev–Trinajstić information content (AvgIpc) is 2.31. The molecule has 1 saturated carbocycles. The van der Waals surface area contributed by atoms with Gasteiger partial charge in [0.2, 0.25) is 0 Å². The molecule has 4 heteroatoms. The third-order valence-electron chi connectivity index (χ3n) is 3.93. The van der Waals surface area contributed by atoms with Crippen LogP contribution in [-0.2, 0) is 0 Å². The first-order valence-electron chi connectivity index (χ1n) is 6.67. The molecule has 0 spiro atoms. The van der Waals surface area contributed by atoms with Gasteiger partial charge in [0.05, 0.1) is 10.7 Å². The molecule has 0 saturated heterocycles. The number of aromatic carboxylic acids is 1. The van der Waals surface area contributed by atoms with E-state index in [0.29, 0.717) is 17.1 Å². The Hall–Kier alpha value is -1.22. The van der Waals surface area contributed by atoms with Gasteiger partial charge in [-0.15, -0.1) is 0 Å². The largest absolute Gasteiger partial charge is 0.478 e. The van der Waals surface area contributed by atoms with E-state index in [2.05, 4.69) is 19.2 Å². The van der Waals surface area contributed by atoms with E-state index < -0.39 is 5.97 Å². The Morgan fingerprint density at radius 1 is 1.37 bits per heavy atom. The molecular formula is C15H20ClNO2.